The van der Waals surface area contributed by atoms with Gasteiger partial charge in [0.05, 0.1) is 13.3 Å². The predicted octanol–water partition coefficient (Wildman–Crippen LogP) is 2.50. The van der Waals surface area contributed by atoms with Gasteiger partial charge in [-0.25, -0.2) is 4.39 Å². The van der Waals surface area contributed by atoms with Crippen LogP contribution < -0.4 is 4.74 Å². The fraction of sp³-hybridized carbons (Fsp3) is 0.308. The van der Waals surface area contributed by atoms with Crippen molar-refractivity contribution in [3.05, 3.63) is 46.5 Å². The normalized spacial score (nSPS) is 12.5. The summed E-state index contributed by atoms with van der Waals surface area (Å²) in [5.74, 6) is 0.0233. The molecule has 0 spiro atoms. The number of aryl methyl sites for hydroxylation is 1. The van der Waals surface area contributed by atoms with E-state index in [2.05, 4.69) is 5.10 Å². The van der Waals surface area contributed by atoms with E-state index in [0.717, 1.165) is 0 Å². The van der Waals surface area contributed by atoms with E-state index in [1.807, 2.05) is 0 Å². The minimum Gasteiger partial charge on any atom is -0.493 e. The maximum absolute atomic E-state index is 13.7. The molecule has 2 rings (SSSR count). The Kier molecular flexibility index (Phi) is 4.07. The van der Waals surface area contributed by atoms with Gasteiger partial charge in [-0.2, -0.15) is 5.10 Å². The van der Waals surface area contributed by atoms with Crippen molar-refractivity contribution in [3.63, 3.8) is 0 Å². The van der Waals surface area contributed by atoms with Crippen LogP contribution >= 0.6 is 11.6 Å². The van der Waals surface area contributed by atoms with E-state index in [1.165, 1.54) is 30.1 Å². The third kappa shape index (κ3) is 2.72. The van der Waals surface area contributed by atoms with Crippen molar-refractivity contribution in [2.75, 3.05) is 7.11 Å². The quantitative estimate of drug-likeness (QED) is 0.938. The maximum Gasteiger partial charge on any atom is 0.162 e. The van der Waals surface area contributed by atoms with E-state index in [4.69, 9.17) is 16.3 Å². The Balaban J connectivity index is 2.31. The fourth-order valence-electron chi connectivity index (χ4n) is 1.98. The zero-order valence-electron chi connectivity index (χ0n) is 10.6. The highest BCUT2D eigenvalue weighted by Crippen LogP contribution is 2.30. The molecule has 1 heterocycles. The number of rotatable bonds is 4. The third-order valence-corrected chi connectivity index (χ3v) is 3.30. The Bertz CT molecular complexity index is 566. The number of ether oxygens (including phenoxy) is 1. The third-order valence-electron chi connectivity index (χ3n) is 2.94. The summed E-state index contributed by atoms with van der Waals surface area (Å²) in [6.45, 7) is 0. The summed E-state index contributed by atoms with van der Waals surface area (Å²) in [6, 6.07) is 4.43. The van der Waals surface area contributed by atoms with Gasteiger partial charge in [-0.1, -0.05) is 17.7 Å². The summed E-state index contributed by atoms with van der Waals surface area (Å²) in [5, 5.41) is 14.5. The standard InChI is InChI=1S/C13H14ClFN2O2/c1-17-13(12(19-2)7-16-17)11(18)6-8-9(14)4-3-5-10(8)15/h3-5,7,11,18H,6H2,1-2H3. The number of benzene rings is 1. The zero-order valence-corrected chi connectivity index (χ0v) is 11.4. The Morgan fingerprint density at radius 2 is 2.26 bits per heavy atom. The Labute approximate surface area is 115 Å². The lowest BCUT2D eigenvalue weighted by Gasteiger charge is -2.14. The molecule has 1 aromatic heterocycles. The van der Waals surface area contributed by atoms with Gasteiger partial charge in [0.15, 0.2) is 5.75 Å². The van der Waals surface area contributed by atoms with Gasteiger partial charge in [0.2, 0.25) is 0 Å². The van der Waals surface area contributed by atoms with Crippen molar-refractivity contribution in [3.8, 4) is 5.75 Å². The first-order chi connectivity index (χ1) is 9.04. The predicted molar refractivity (Wildman–Crippen MR) is 69.8 cm³/mol. The molecule has 0 aliphatic heterocycles. The first-order valence-electron chi connectivity index (χ1n) is 5.71. The van der Waals surface area contributed by atoms with Crippen LogP contribution in [0.25, 0.3) is 0 Å². The van der Waals surface area contributed by atoms with Crippen LogP contribution in [0.5, 0.6) is 5.75 Å². The molecule has 0 aliphatic rings. The van der Waals surface area contributed by atoms with E-state index >= 15 is 0 Å². The summed E-state index contributed by atoms with van der Waals surface area (Å²) < 4.78 is 20.3. The van der Waals surface area contributed by atoms with Gasteiger partial charge >= 0.3 is 0 Å². The average molecular weight is 285 g/mol. The number of halogens is 2. The Morgan fingerprint density at radius 1 is 1.53 bits per heavy atom. The van der Waals surface area contributed by atoms with Crippen LogP contribution in [0.1, 0.15) is 17.4 Å². The molecule has 19 heavy (non-hydrogen) atoms. The molecule has 1 unspecified atom stereocenters. The number of aliphatic hydroxyl groups is 1. The number of aliphatic hydroxyl groups excluding tert-OH is 1. The second-order valence-corrected chi connectivity index (χ2v) is 4.55. The van der Waals surface area contributed by atoms with Crippen LogP contribution in [-0.4, -0.2) is 22.0 Å². The number of methoxy groups -OCH3 is 1. The molecule has 0 fully saturated rings. The van der Waals surface area contributed by atoms with E-state index in [1.54, 1.807) is 13.1 Å². The molecule has 102 valence electrons. The van der Waals surface area contributed by atoms with Gasteiger partial charge in [0, 0.05) is 24.1 Å². The van der Waals surface area contributed by atoms with E-state index in [0.29, 0.717) is 16.5 Å². The van der Waals surface area contributed by atoms with Crippen LogP contribution in [0.15, 0.2) is 24.4 Å². The minimum absolute atomic E-state index is 0.0569. The lowest BCUT2D eigenvalue weighted by atomic mass is 10.0. The second-order valence-electron chi connectivity index (χ2n) is 4.14. The van der Waals surface area contributed by atoms with E-state index < -0.39 is 11.9 Å². The summed E-state index contributed by atoms with van der Waals surface area (Å²) >= 11 is 5.94. The number of hydrogen-bond acceptors (Lipinski definition) is 3. The van der Waals surface area contributed by atoms with Gasteiger partial charge in [-0.15, -0.1) is 0 Å². The molecule has 4 nitrogen and oxygen atoms in total. The molecule has 0 amide bonds. The fourth-order valence-corrected chi connectivity index (χ4v) is 2.22. The van der Waals surface area contributed by atoms with Gasteiger partial charge in [0.25, 0.3) is 0 Å². The van der Waals surface area contributed by atoms with Crippen LogP contribution in [-0.2, 0) is 13.5 Å². The lowest BCUT2D eigenvalue weighted by molar-refractivity contribution is 0.163. The van der Waals surface area contributed by atoms with Crippen molar-refractivity contribution < 1.29 is 14.2 Å². The van der Waals surface area contributed by atoms with Gasteiger partial charge in [0.1, 0.15) is 17.6 Å². The molecule has 1 atom stereocenters. The Hall–Kier alpha value is -1.59. The zero-order chi connectivity index (χ0) is 14.0. The second kappa shape index (κ2) is 5.59. The maximum atomic E-state index is 13.7. The van der Waals surface area contributed by atoms with Crippen LogP contribution in [0.4, 0.5) is 4.39 Å². The molecule has 1 aromatic carbocycles. The summed E-state index contributed by atoms with van der Waals surface area (Å²) in [7, 11) is 3.17. The molecule has 1 N–H and O–H groups in total. The van der Waals surface area contributed by atoms with Crippen LogP contribution in [0.3, 0.4) is 0 Å². The monoisotopic (exact) mass is 284 g/mol. The van der Waals surface area contributed by atoms with Gasteiger partial charge < -0.3 is 9.84 Å². The molecule has 0 bridgehead atoms. The smallest absolute Gasteiger partial charge is 0.162 e. The van der Waals surface area contributed by atoms with Crippen LogP contribution in [0.2, 0.25) is 5.02 Å². The van der Waals surface area contributed by atoms with E-state index in [-0.39, 0.29) is 12.0 Å². The number of nitrogens with zero attached hydrogens (tertiary/aromatic N) is 2. The molecule has 0 radical (unpaired) electrons. The SMILES string of the molecule is COc1cnn(C)c1C(O)Cc1c(F)cccc1Cl. The van der Waals surface area contributed by atoms with Crippen molar-refractivity contribution in [1.29, 1.82) is 0 Å². The summed E-state index contributed by atoms with van der Waals surface area (Å²) in [6.07, 6.45) is 0.611. The van der Waals surface area contributed by atoms with Crippen LogP contribution in [0, 0.1) is 5.82 Å². The number of hydrogen-bond donors (Lipinski definition) is 1. The summed E-state index contributed by atoms with van der Waals surface area (Å²) in [5.41, 5.74) is 0.765. The van der Waals surface area contributed by atoms with Crippen molar-refractivity contribution in [2.45, 2.75) is 12.5 Å². The minimum atomic E-state index is -0.947. The molecule has 2 aromatic rings. The highest BCUT2D eigenvalue weighted by Gasteiger charge is 2.21. The highest BCUT2D eigenvalue weighted by atomic mass is 35.5. The van der Waals surface area contributed by atoms with Crippen molar-refractivity contribution >= 4 is 11.6 Å². The van der Waals surface area contributed by atoms with Crippen molar-refractivity contribution in [1.82, 2.24) is 9.78 Å². The topological polar surface area (TPSA) is 47.3 Å². The van der Waals surface area contributed by atoms with Crippen molar-refractivity contribution in [2.24, 2.45) is 7.05 Å². The molecular weight excluding hydrogens is 271 g/mol. The first kappa shape index (κ1) is 13.8. The highest BCUT2D eigenvalue weighted by molar-refractivity contribution is 6.31. The Morgan fingerprint density at radius 3 is 2.89 bits per heavy atom. The average Bonchev–Trinajstić information content (AvgIpc) is 2.75. The molecule has 0 saturated heterocycles. The largest absolute Gasteiger partial charge is 0.493 e. The molecule has 0 aliphatic carbocycles. The van der Waals surface area contributed by atoms with Gasteiger partial charge in [-0.3, -0.25) is 4.68 Å². The van der Waals surface area contributed by atoms with Gasteiger partial charge in [-0.05, 0) is 12.1 Å². The molecule has 6 heteroatoms. The summed E-state index contributed by atoms with van der Waals surface area (Å²) in [4.78, 5) is 0. The molecular formula is C13H14ClFN2O2. The number of aromatic nitrogens is 2. The lowest BCUT2D eigenvalue weighted by Crippen LogP contribution is -2.10. The first-order valence-corrected chi connectivity index (χ1v) is 6.09. The molecule has 0 saturated carbocycles. The van der Waals surface area contributed by atoms with E-state index in [9.17, 15) is 9.50 Å².